The maximum absolute atomic E-state index is 12.2. The van der Waals surface area contributed by atoms with E-state index < -0.39 is 10.8 Å². The highest BCUT2D eigenvalue weighted by molar-refractivity contribution is 7.84. The van der Waals surface area contributed by atoms with Gasteiger partial charge in [-0.25, -0.2) is 0 Å². The minimum atomic E-state index is -0.857. The molecule has 106 valence electrons. The molecule has 1 rings (SSSR count). The Hall–Kier alpha value is -1.56. The van der Waals surface area contributed by atoms with Crippen LogP contribution in [0.4, 0.5) is 5.69 Å². The Labute approximate surface area is 116 Å². The van der Waals surface area contributed by atoms with Gasteiger partial charge in [0.05, 0.1) is 7.11 Å². The van der Waals surface area contributed by atoms with Gasteiger partial charge in [0.1, 0.15) is 11.3 Å². The molecule has 2 unspecified atom stereocenters. The Balaban J connectivity index is 2.75. The molecule has 0 heterocycles. The summed E-state index contributed by atoms with van der Waals surface area (Å²) >= 11 is 0. The lowest BCUT2D eigenvalue weighted by atomic mass is 10.1. The lowest BCUT2D eigenvalue weighted by molar-refractivity contribution is 0.0937. The Morgan fingerprint density at radius 1 is 1.53 bits per heavy atom. The van der Waals surface area contributed by atoms with Gasteiger partial charge in [-0.3, -0.25) is 9.00 Å². The van der Waals surface area contributed by atoms with Crippen LogP contribution in [0.25, 0.3) is 0 Å². The van der Waals surface area contributed by atoms with Crippen LogP contribution in [0.15, 0.2) is 18.2 Å². The first kappa shape index (κ1) is 15.5. The first-order chi connectivity index (χ1) is 8.95. The van der Waals surface area contributed by atoms with Crippen LogP contribution in [0, 0.1) is 0 Å². The average molecular weight is 284 g/mol. The van der Waals surface area contributed by atoms with Gasteiger partial charge < -0.3 is 15.8 Å². The highest BCUT2D eigenvalue weighted by atomic mass is 32.2. The van der Waals surface area contributed by atoms with E-state index in [0.717, 1.165) is 0 Å². The monoisotopic (exact) mass is 284 g/mol. The van der Waals surface area contributed by atoms with Crippen molar-refractivity contribution in [2.45, 2.75) is 19.4 Å². The van der Waals surface area contributed by atoms with Crippen LogP contribution in [0.2, 0.25) is 0 Å². The molecule has 0 radical (unpaired) electrons. The molecule has 0 saturated carbocycles. The summed E-state index contributed by atoms with van der Waals surface area (Å²) in [6, 6.07) is 5.01. The van der Waals surface area contributed by atoms with Gasteiger partial charge in [0.15, 0.2) is 0 Å². The van der Waals surface area contributed by atoms with Crippen molar-refractivity contribution < 1.29 is 13.7 Å². The van der Waals surface area contributed by atoms with E-state index in [4.69, 9.17) is 10.5 Å². The number of nitrogens with one attached hydrogen (secondary N) is 1. The first-order valence-electron chi connectivity index (χ1n) is 5.99. The average Bonchev–Trinajstić information content (AvgIpc) is 2.35. The lowest BCUT2D eigenvalue weighted by Crippen LogP contribution is -2.34. The summed E-state index contributed by atoms with van der Waals surface area (Å²) in [7, 11) is 0.639. The number of carbonyl (C=O) groups is 1. The summed E-state index contributed by atoms with van der Waals surface area (Å²) in [6.45, 7) is 1.87. The zero-order chi connectivity index (χ0) is 14.4. The molecule has 0 saturated heterocycles. The third kappa shape index (κ3) is 4.55. The predicted molar refractivity (Wildman–Crippen MR) is 77.9 cm³/mol. The van der Waals surface area contributed by atoms with E-state index in [1.165, 1.54) is 7.11 Å². The molecule has 1 aromatic rings. The van der Waals surface area contributed by atoms with Crippen molar-refractivity contribution in [1.82, 2.24) is 5.32 Å². The van der Waals surface area contributed by atoms with Gasteiger partial charge in [-0.2, -0.15) is 0 Å². The second kappa shape index (κ2) is 7.13. The quantitative estimate of drug-likeness (QED) is 0.768. The Bertz CT molecular complexity index is 477. The van der Waals surface area contributed by atoms with Gasteiger partial charge in [-0.1, -0.05) is 6.07 Å². The second-order valence-corrected chi connectivity index (χ2v) is 5.92. The summed E-state index contributed by atoms with van der Waals surface area (Å²) in [4.78, 5) is 12.2. The molecule has 2 atom stereocenters. The fourth-order valence-electron chi connectivity index (χ4n) is 1.67. The largest absolute Gasteiger partial charge is 0.496 e. The Kier molecular flexibility index (Phi) is 5.82. The highest BCUT2D eigenvalue weighted by Gasteiger charge is 2.17. The lowest BCUT2D eigenvalue weighted by Gasteiger charge is -2.16. The molecule has 0 bridgehead atoms. The van der Waals surface area contributed by atoms with Crippen molar-refractivity contribution in [3.8, 4) is 5.75 Å². The number of benzene rings is 1. The number of ether oxygens (including phenoxy) is 1. The molecule has 0 aliphatic heterocycles. The fourth-order valence-corrected chi connectivity index (χ4v) is 2.36. The van der Waals surface area contributed by atoms with Gasteiger partial charge in [0, 0.05) is 34.5 Å². The van der Waals surface area contributed by atoms with Gasteiger partial charge in [0.2, 0.25) is 0 Å². The van der Waals surface area contributed by atoms with Crippen molar-refractivity contribution in [2.24, 2.45) is 0 Å². The van der Waals surface area contributed by atoms with Crippen LogP contribution < -0.4 is 15.8 Å². The van der Waals surface area contributed by atoms with Crippen molar-refractivity contribution in [1.29, 1.82) is 0 Å². The summed E-state index contributed by atoms with van der Waals surface area (Å²) in [5, 5.41) is 2.83. The number of carbonyl (C=O) groups excluding carboxylic acids is 1. The minimum absolute atomic E-state index is 0.0688. The van der Waals surface area contributed by atoms with E-state index in [-0.39, 0.29) is 11.9 Å². The molecule has 0 aliphatic rings. The molecule has 0 aliphatic carbocycles. The van der Waals surface area contributed by atoms with Gasteiger partial charge in [-0.05, 0) is 25.5 Å². The van der Waals surface area contributed by atoms with Gasteiger partial charge in [0.25, 0.3) is 5.91 Å². The summed E-state index contributed by atoms with van der Waals surface area (Å²) in [5.41, 5.74) is 6.53. The highest BCUT2D eigenvalue weighted by Crippen LogP contribution is 2.23. The molecule has 0 aromatic heterocycles. The normalized spacial score (nSPS) is 13.6. The molecule has 5 nitrogen and oxygen atoms in total. The zero-order valence-electron chi connectivity index (χ0n) is 11.4. The van der Waals surface area contributed by atoms with E-state index in [0.29, 0.717) is 29.2 Å². The van der Waals surface area contributed by atoms with Gasteiger partial charge in [-0.15, -0.1) is 0 Å². The molecular weight excluding hydrogens is 264 g/mol. The Morgan fingerprint density at radius 2 is 2.21 bits per heavy atom. The summed E-state index contributed by atoms with van der Waals surface area (Å²) in [6.07, 6.45) is 2.30. The van der Waals surface area contributed by atoms with Crippen molar-refractivity contribution in [2.75, 3.05) is 24.9 Å². The Morgan fingerprint density at radius 3 is 2.79 bits per heavy atom. The molecular formula is C13H20N2O3S. The number of nitrogens with two attached hydrogens (primary N) is 1. The van der Waals surface area contributed by atoms with Crippen LogP contribution >= 0.6 is 0 Å². The van der Waals surface area contributed by atoms with Crippen LogP contribution in [-0.2, 0) is 10.8 Å². The smallest absolute Gasteiger partial charge is 0.257 e. The third-order valence-electron chi connectivity index (χ3n) is 2.72. The molecule has 0 spiro atoms. The second-order valence-electron chi connectivity index (χ2n) is 4.37. The minimum Gasteiger partial charge on any atom is -0.496 e. The number of anilines is 1. The van der Waals surface area contributed by atoms with Crippen LogP contribution in [-0.4, -0.2) is 35.3 Å². The number of amides is 1. The van der Waals surface area contributed by atoms with Crippen LogP contribution in [0.1, 0.15) is 23.7 Å². The van der Waals surface area contributed by atoms with E-state index in [9.17, 15) is 9.00 Å². The number of hydrogen-bond donors (Lipinski definition) is 2. The molecule has 1 amide bonds. The zero-order valence-corrected chi connectivity index (χ0v) is 12.3. The van der Waals surface area contributed by atoms with E-state index in [1.807, 2.05) is 6.92 Å². The summed E-state index contributed by atoms with van der Waals surface area (Å²) in [5.74, 6) is 0.733. The molecule has 19 heavy (non-hydrogen) atoms. The molecule has 3 N–H and O–H groups in total. The van der Waals surface area contributed by atoms with Gasteiger partial charge >= 0.3 is 0 Å². The fraction of sp³-hybridized carbons (Fsp3) is 0.462. The number of nitrogen functional groups attached to an aromatic ring is 1. The number of methoxy groups -OCH3 is 1. The predicted octanol–water partition coefficient (Wildman–Crippen LogP) is 1.16. The van der Waals surface area contributed by atoms with E-state index >= 15 is 0 Å². The van der Waals surface area contributed by atoms with Crippen molar-refractivity contribution >= 4 is 22.4 Å². The van der Waals surface area contributed by atoms with Crippen molar-refractivity contribution in [3.63, 3.8) is 0 Å². The SMILES string of the molecule is COc1cccc(N)c1C(=O)NC(C)CCS(C)=O. The third-order valence-corrected chi connectivity index (χ3v) is 3.53. The van der Waals surface area contributed by atoms with Crippen LogP contribution in [0.3, 0.4) is 0 Å². The molecule has 1 aromatic carbocycles. The number of hydrogen-bond acceptors (Lipinski definition) is 4. The number of rotatable bonds is 6. The molecule has 6 heteroatoms. The van der Waals surface area contributed by atoms with Crippen molar-refractivity contribution in [3.05, 3.63) is 23.8 Å². The summed E-state index contributed by atoms with van der Waals surface area (Å²) < 4.78 is 16.2. The van der Waals surface area contributed by atoms with Crippen LogP contribution in [0.5, 0.6) is 5.75 Å². The maximum atomic E-state index is 12.2. The molecule has 0 fully saturated rings. The van der Waals surface area contributed by atoms with E-state index in [2.05, 4.69) is 5.32 Å². The maximum Gasteiger partial charge on any atom is 0.257 e. The topological polar surface area (TPSA) is 81.4 Å². The first-order valence-corrected chi connectivity index (χ1v) is 7.71. The van der Waals surface area contributed by atoms with E-state index in [1.54, 1.807) is 24.5 Å². The standard InChI is InChI=1S/C13H20N2O3S/c1-9(7-8-19(3)17)15-13(16)12-10(14)5-4-6-11(12)18-2/h4-6,9H,7-8,14H2,1-3H3,(H,15,16).